The van der Waals surface area contributed by atoms with Crippen molar-refractivity contribution in [3.05, 3.63) is 290 Å². The summed E-state index contributed by atoms with van der Waals surface area (Å²) in [5.41, 5.74) is 20.2. The molecular weight excluding hydrogens is 1350 g/mol. The molecule has 15 rings (SSSR count). The van der Waals surface area contributed by atoms with Crippen molar-refractivity contribution in [1.29, 1.82) is 0 Å². The van der Waals surface area contributed by atoms with Gasteiger partial charge < -0.3 is 32.5 Å². The van der Waals surface area contributed by atoms with Crippen molar-refractivity contribution in [1.82, 2.24) is 19.9 Å². The van der Waals surface area contributed by atoms with Crippen LogP contribution in [0.1, 0.15) is 126 Å². The zero-order chi connectivity index (χ0) is 73.1. The summed E-state index contributed by atoms with van der Waals surface area (Å²) in [6.07, 6.45) is 24.4. The fourth-order valence-electron chi connectivity index (χ4n) is 15.5. The second kappa shape index (κ2) is 33.4. The van der Waals surface area contributed by atoms with Crippen molar-refractivity contribution in [3.63, 3.8) is 0 Å². The van der Waals surface area contributed by atoms with Crippen LogP contribution in [0.3, 0.4) is 0 Å². The molecule has 0 spiro atoms. The number of benzene rings is 10. The number of unbranched alkanes of at least 4 members (excludes halogenated alkanes) is 10. The van der Waals surface area contributed by atoms with Crippen molar-refractivity contribution in [2.24, 2.45) is 0 Å². The van der Waals surface area contributed by atoms with Crippen LogP contribution < -0.4 is 32.5 Å². The van der Waals surface area contributed by atoms with Crippen LogP contribution in [-0.4, -0.2) is 64.3 Å². The Morgan fingerprint density at radius 3 is 0.925 bits per heavy atom. The number of pyridine rings is 4. The summed E-state index contributed by atoms with van der Waals surface area (Å²) in [5, 5.41) is 3.89. The molecule has 14 aromatic rings. The first-order valence-corrected chi connectivity index (χ1v) is 40.9. The van der Waals surface area contributed by atoms with E-state index in [-0.39, 0.29) is 5.41 Å². The molecule has 1 aliphatic rings. The van der Waals surface area contributed by atoms with Gasteiger partial charge in [0.25, 0.3) is 0 Å². The Hall–Kier alpha value is -10.7. The molecule has 107 heavy (non-hydrogen) atoms. The van der Waals surface area contributed by atoms with E-state index in [9.17, 15) is 0 Å². The molecule has 0 amide bonds. The normalized spacial score (nSPS) is 12.1. The molecule has 534 valence electrons. The minimum atomic E-state index is -2.98. The summed E-state index contributed by atoms with van der Waals surface area (Å²) < 4.78 is 40.1. The van der Waals surface area contributed by atoms with Crippen molar-refractivity contribution in [2.75, 3.05) is 23.9 Å². The Bertz CT molecular complexity index is 4880. The van der Waals surface area contributed by atoms with Crippen molar-refractivity contribution in [2.45, 2.75) is 123 Å². The minimum Gasteiger partial charge on any atom is -0.577 e. The maximum Gasteiger partial charge on any atom is 1.20 e. The van der Waals surface area contributed by atoms with Crippen LogP contribution in [-0.2, 0) is 5.41 Å². The Labute approximate surface area is 639 Å². The van der Waals surface area contributed by atoms with Gasteiger partial charge in [0, 0.05) is 88.6 Å². The quantitative estimate of drug-likeness (QED) is 0.0295. The van der Waals surface area contributed by atoms with Gasteiger partial charge in [-0.1, -0.05) is 212 Å². The number of rotatable bonds is 32. The zero-order valence-electron chi connectivity index (χ0n) is 62.1. The maximum atomic E-state index is 6.69. The standard InChI is InChI=1S/C57H68N2O2.4C9H7NO.2Al/c1-7-9-11-13-15-17-35-57(36-18-16-14-12-10-8-2)53-39-55(58(5)47-27-19-43(20-28-47)45-23-31-49(60)32-24-45)41(3)37-51(53)52-38-42(4)56(40-54(52)57)59(6)48-29-21-44(22-30-48)46-25-33-50(61)34-26-46;4*11-8-5-1-3-7-4-2-6-10-9(7)8;;/h19-34,37-40,60-61H,7-18,35-36H2,1-6H3;4*1-6,11H;;/q;;;;;2*+3/p-6. The van der Waals surface area contributed by atoms with Crippen LogP contribution in [0.15, 0.2) is 267 Å². The van der Waals surface area contributed by atoms with E-state index < -0.39 is 30.3 Å². The van der Waals surface area contributed by atoms with Crippen LogP contribution >= 0.6 is 0 Å². The summed E-state index contributed by atoms with van der Waals surface area (Å²) >= 11 is -5.95. The Morgan fingerprint density at radius 1 is 0.318 bits per heavy atom. The summed E-state index contributed by atoms with van der Waals surface area (Å²) in [6, 6.07) is 84.1. The first-order valence-electron chi connectivity index (χ1n) is 38.1. The Kier molecular flexibility index (Phi) is 22.4. The second-order valence-corrected chi connectivity index (χ2v) is 30.9. The average molecular weight is 1440 g/mol. The highest BCUT2D eigenvalue weighted by Crippen LogP contribution is 2.57. The lowest BCUT2D eigenvalue weighted by molar-refractivity contribution is 0.309. The van der Waals surface area contributed by atoms with E-state index in [1.807, 2.05) is 146 Å². The van der Waals surface area contributed by atoms with Crippen molar-refractivity contribution in [3.8, 4) is 67.9 Å². The fourth-order valence-corrected chi connectivity index (χ4v) is 18.2. The molecule has 0 radical (unpaired) electrons. The van der Waals surface area contributed by atoms with E-state index in [4.69, 9.17) is 22.7 Å². The van der Waals surface area contributed by atoms with E-state index in [0.717, 1.165) is 90.1 Å². The smallest absolute Gasteiger partial charge is 0.577 e. The predicted octanol–water partition coefficient (Wildman–Crippen LogP) is 24.2. The number of aryl methyl sites for hydroxylation is 2. The van der Waals surface area contributed by atoms with Gasteiger partial charge in [0.15, 0.2) is 0 Å². The Morgan fingerprint density at radius 2 is 0.607 bits per heavy atom. The fraction of sp³-hybridized carbons (Fsp3) is 0.226. The van der Waals surface area contributed by atoms with Crippen LogP contribution in [0.25, 0.3) is 77.0 Å². The first kappa shape index (κ1) is 71.9. The third-order valence-electron chi connectivity index (χ3n) is 21.3. The zero-order valence-corrected chi connectivity index (χ0v) is 64.4. The lowest BCUT2D eigenvalue weighted by Crippen LogP contribution is -2.37. The predicted molar refractivity (Wildman–Crippen MR) is 440 cm³/mol. The highest BCUT2D eigenvalue weighted by atomic mass is 27.3. The van der Waals surface area contributed by atoms with Gasteiger partial charge in [-0.05, 0) is 204 Å². The molecule has 14 heteroatoms. The number of hydrogen-bond donors (Lipinski definition) is 0. The van der Waals surface area contributed by atoms with Crippen LogP contribution in [0, 0.1) is 13.8 Å². The third-order valence-corrected chi connectivity index (χ3v) is 24.0. The van der Waals surface area contributed by atoms with Gasteiger partial charge in [0.2, 0.25) is 0 Å². The van der Waals surface area contributed by atoms with Gasteiger partial charge >= 0.3 is 30.3 Å². The maximum absolute atomic E-state index is 6.69. The molecular formula is C93H90Al2N6O6. The molecule has 0 bridgehead atoms. The average Bonchev–Trinajstić information content (AvgIpc) is 1.55. The molecule has 0 unspecified atom stereocenters. The van der Waals surface area contributed by atoms with Gasteiger partial charge in [-0.15, -0.1) is 0 Å². The van der Waals surface area contributed by atoms with Gasteiger partial charge in [0.05, 0.1) is 11.5 Å². The van der Waals surface area contributed by atoms with Gasteiger partial charge in [0.1, 0.15) is 45.1 Å². The number of hydrogen-bond acceptors (Lipinski definition) is 12. The van der Waals surface area contributed by atoms with E-state index in [2.05, 4.69) is 169 Å². The number of aromatic nitrogens is 4. The number of fused-ring (bicyclic) bond motifs is 7. The minimum absolute atomic E-state index is 0.158. The monoisotopic (exact) mass is 1440 g/mol. The summed E-state index contributed by atoms with van der Waals surface area (Å²) in [7, 11) is 4.48. The first-order chi connectivity index (χ1) is 52.6. The van der Waals surface area contributed by atoms with Crippen LogP contribution in [0.2, 0.25) is 0 Å². The number of anilines is 4. The molecule has 12 nitrogen and oxygen atoms in total. The highest BCUT2D eigenvalue weighted by molar-refractivity contribution is 6.40. The third kappa shape index (κ3) is 16.1. The van der Waals surface area contributed by atoms with E-state index in [1.54, 1.807) is 24.8 Å². The highest BCUT2D eigenvalue weighted by Gasteiger charge is 2.47. The molecule has 0 atom stereocenters. The molecule has 4 heterocycles. The van der Waals surface area contributed by atoms with Crippen LogP contribution in [0.5, 0.6) is 34.5 Å². The number of nitrogens with zero attached hydrogens (tertiary/aromatic N) is 6. The molecule has 0 saturated heterocycles. The molecule has 0 N–H and O–H groups in total. The van der Waals surface area contributed by atoms with Gasteiger partial charge in [-0.2, -0.15) is 0 Å². The van der Waals surface area contributed by atoms with E-state index >= 15 is 0 Å². The molecule has 0 fully saturated rings. The molecule has 0 saturated carbocycles. The van der Waals surface area contributed by atoms with Gasteiger partial charge in [-0.3, -0.25) is 19.9 Å². The van der Waals surface area contributed by atoms with Gasteiger partial charge in [-0.25, -0.2) is 0 Å². The van der Waals surface area contributed by atoms with Crippen molar-refractivity contribution >= 4 is 96.7 Å². The molecule has 0 aliphatic heterocycles. The summed E-state index contributed by atoms with van der Waals surface area (Å²) in [4.78, 5) is 23.4. The molecule has 4 aromatic heterocycles. The second-order valence-electron chi connectivity index (χ2n) is 28.4. The Balaban J connectivity index is 0.684. The van der Waals surface area contributed by atoms with E-state index in [0.29, 0.717) is 34.5 Å². The summed E-state index contributed by atoms with van der Waals surface area (Å²) in [5.74, 6) is 3.72. The SMILES string of the molecule is CCCCCCCCC1(CCCCCCCC)c2cc(N(C)c3ccc(-c4ccc([O][Al]([O]c5cccc6cccnc56)[O]c5cccc6cccnc56)cc4)cc3)c(C)cc2-c2cc(C)c(N(C)c3ccc(-c4ccc([O][Al]([O]c5cccc6cccnc56)[O]c5cccc6cccnc56)cc4)cc3)cc21. The topological polar surface area (TPSA) is 113 Å². The lowest BCUT2D eigenvalue weighted by Gasteiger charge is -2.35. The molecule has 10 aromatic carbocycles. The van der Waals surface area contributed by atoms with E-state index in [1.165, 1.54) is 122 Å². The summed E-state index contributed by atoms with van der Waals surface area (Å²) in [6.45, 7) is 9.23. The molecule has 1 aliphatic carbocycles. The van der Waals surface area contributed by atoms with Crippen molar-refractivity contribution < 1.29 is 22.7 Å². The largest absolute Gasteiger partial charge is 1.20 e. The number of para-hydroxylation sites is 4. The lowest BCUT2D eigenvalue weighted by atomic mass is 9.70. The van der Waals surface area contributed by atoms with Crippen LogP contribution in [0.4, 0.5) is 22.7 Å².